The summed E-state index contributed by atoms with van der Waals surface area (Å²) < 4.78 is 32.7. The van der Waals surface area contributed by atoms with E-state index in [1.807, 2.05) is 0 Å². The molecule has 0 aliphatic rings. The minimum absolute atomic E-state index is 0.819. The van der Waals surface area contributed by atoms with E-state index in [2.05, 4.69) is 29.8 Å². The van der Waals surface area contributed by atoms with Crippen LogP contribution in [0.5, 0.6) is 0 Å². The van der Waals surface area contributed by atoms with Crippen LogP contribution >= 0.6 is 15.9 Å². The Morgan fingerprint density at radius 3 is 1.12 bits per heavy atom. The number of halogens is 2. The van der Waals surface area contributed by atoms with Gasteiger partial charge in [-0.25, -0.2) is 0 Å². The number of unbranched alkanes of at least 4 members (excludes halogenated alkanes) is 12. The Kier molecular flexibility index (Phi) is 32.5. The summed E-state index contributed by atoms with van der Waals surface area (Å²) >= 11 is 3.48. The molecule has 0 aliphatic carbocycles. The number of hydrogen-bond acceptors (Lipinski definition) is 5. The summed E-state index contributed by atoms with van der Waals surface area (Å²) in [5.41, 5.74) is 5.03. The Labute approximate surface area is 166 Å². The van der Waals surface area contributed by atoms with Gasteiger partial charge in [0.25, 0.3) is 0 Å². The highest BCUT2D eigenvalue weighted by atomic mass is 79.9. The van der Waals surface area contributed by atoms with Crippen LogP contribution in [0.3, 0.4) is 0 Å². The molecular formula is C18H41BrClNO4. The highest BCUT2D eigenvalue weighted by Gasteiger charge is 1.98. The molecule has 0 radical (unpaired) electrons. The fourth-order valence-corrected chi connectivity index (χ4v) is 2.51. The lowest BCUT2D eigenvalue weighted by molar-refractivity contribution is -1.92. The van der Waals surface area contributed by atoms with Gasteiger partial charge in [0.15, 0.2) is 0 Å². The summed E-state index contributed by atoms with van der Waals surface area (Å²) in [6.07, 6.45) is 19.9. The lowest BCUT2D eigenvalue weighted by Gasteiger charge is -2.03. The monoisotopic (exact) mass is 449 g/mol. The van der Waals surface area contributed by atoms with Gasteiger partial charge in [-0.1, -0.05) is 107 Å². The van der Waals surface area contributed by atoms with Crippen molar-refractivity contribution >= 4 is 15.9 Å². The second-order valence-electron chi connectivity index (χ2n) is 6.12. The Hall–Kier alpha value is 0.570. The van der Waals surface area contributed by atoms with Crippen LogP contribution in [0.1, 0.15) is 104 Å². The van der Waals surface area contributed by atoms with Gasteiger partial charge in [-0.3, -0.25) is 0 Å². The van der Waals surface area contributed by atoms with Gasteiger partial charge in [-0.15, -0.1) is 0 Å². The molecule has 0 spiro atoms. The summed E-state index contributed by atoms with van der Waals surface area (Å²) in [4.78, 5) is 0. The molecule has 0 fully saturated rings. The van der Waals surface area contributed by atoms with Crippen molar-refractivity contribution in [3.63, 3.8) is 0 Å². The lowest BCUT2D eigenvalue weighted by Crippen LogP contribution is -2.58. The Bertz CT molecular complexity index is 198. The number of alkyl halides is 1. The molecule has 156 valence electrons. The first-order chi connectivity index (χ1) is 11.8. The summed E-state index contributed by atoms with van der Waals surface area (Å²) in [6, 6.07) is 0. The van der Waals surface area contributed by atoms with E-state index in [1.165, 1.54) is 88.8 Å². The van der Waals surface area contributed by atoms with Crippen LogP contribution in [0.2, 0.25) is 0 Å². The van der Waals surface area contributed by atoms with Gasteiger partial charge in [0.2, 0.25) is 0 Å². The van der Waals surface area contributed by atoms with Crippen LogP contribution in [-0.4, -0.2) is 16.5 Å². The molecule has 0 amide bonds. The van der Waals surface area contributed by atoms with Crippen LogP contribution in [-0.2, 0) is 0 Å². The van der Waals surface area contributed by atoms with Crippen molar-refractivity contribution in [2.24, 2.45) is 5.73 Å². The maximum Gasteiger partial charge on any atom is 0.0777 e. The topological polar surface area (TPSA) is 115 Å². The van der Waals surface area contributed by atoms with Gasteiger partial charge in [0.1, 0.15) is 0 Å². The van der Waals surface area contributed by atoms with Crippen molar-refractivity contribution < 1.29 is 28.9 Å². The maximum atomic E-state index is 8.60. The molecule has 0 saturated heterocycles. The van der Waals surface area contributed by atoms with Crippen molar-refractivity contribution in [2.45, 2.75) is 104 Å². The molecule has 0 rings (SSSR count). The smallest absolute Gasteiger partial charge is 0.0777 e. The third kappa shape index (κ3) is 59.0. The summed E-state index contributed by atoms with van der Waals surface area (Å²) in [5.74, 6) is 0. The Balaban J connectivity index is -0.000000442. The molecule has 0 aromatic rings. The molecule has 0 saturated carbocycles. The zero-order chi connectivity index (χ0) is 19.8. The fourth-order valence-electron chi connectivity index (χ4n) is 2.11. The molecule has 0 heterocycles. The van der Waals surface area contributed by atoms with Gasteiger partial charge in [-0.05, 0) is 19.4 Å². The van der Waals surface area contributed by atoms with E-state index < -0.39 is 10.2 Å². The molecule has 0 bridgehead atoms. The minimum atomic E-state index is -4.69. The molecule has 7 heteroatoms. The van der Waals surface area contributed by atoms with E-state index >= 15 is 0 Å². The zero-order valence-electron chi connectivity index (χ0n) is 16.3. The van der Waals surface area contributed by atoms with Gasteiger partial charge in [0, 0.05) is 5.33 Å². The first kappa shape index (κ1) is 30.3. The van der Waals surface area contributed by atoms with Crippen LogP contribution in [0, 0.1) is 10.2 Å². The van der Waals surface area contributed by atoms with Crippen molar-refractivity contribution in [2.75, 3.05) is 11.9 Å². The lowest BCUT2D eigenvalue weighted by atomic mass is 10.1. The molecule has 0 atom stereocenters. The summed E-state index contributed by atoms with van der Waals surface area (Å²) in [7, 11) is -4.69. The van der Waals surface area contributed by atoms with Crippen LogP contribution in [0.25, 0.3) is 0 Å². The van der Waals surface area contributed by atoms with Crippen molar-refractivity contribution in [3.8, 4) is 0 Å². The molecular weight excluding hydrogens is 410 g/mol. The van der Waals surface area contributed by atoms with Gasteiger partial charge in [-0.2, -0.15) is 14.0 Å². The Morgan fingerprint density at radius 1 is 0.680 bits per heavy atom. The Morgan fingerprint density at radius 2 is 0.920 bits per heavy atom. The summed E-state index contributed by atoms with van der Waals surface area (Å²) in [5, 5.41) is 1.19. The zero-order valence-corrected chi connectivity index (χ0v) is 18.7. The third-order valence-electron chi connectivity index (χ3n) is 3.53. The van der Waals surface area contributed by atoms with Crippen LogP contribution in [0.4, 0.5) is 0 Å². The minimum Gasteiger partial charge on any atom is -0.330 e. The second kappa shape index (κ2) is 26.8. The molecule has 25 heavy (non-hydrogen) atoms. The summed E-state index contributed by atoms with van der Waals surface area (Å²) in [6.45, 7) is 5.16. The van der Waals surface area contributed by atoms with Gasteiger partial charge in [0.05, 0.1) is 14.9 Å². The maximum absolute atomic E-state index is 8.60. The van der Waals surface area contributed by atoms with Crippen LogP contribution < -0.4 is 19.7 Å². The van der Waals surface area contributed by atoms with Crippen molar-refractivity contribution in [3.05, 3.63) is 0 Å². The standard InChI is InChI=1S/C15H31Br.C3H9N.ClHO4/c1-2-3-4-5-6-7-8-9-10-11-12-13-14-15-16;1-2-3-4;2-1(3,4)5/h2-15H2,1H3;2-4H2,1H3;(H,2,3,4,5). The normalized spacial score (nSPS) is 10.6. The molecule has 0 unspecified atom stereocenters. The van der Waals surface area contributed by atoms with Gasteiger partial charge >= 0.3 is 0 Å². The van der Waals surface area contributed by atoms with E-state index in [1.54, 1.807) is 0 Å². The number of hydrogen-bond donors (Lipinski definition) is 2. The second-order valence-corrected chi connectivity index (χ2v) is 7.70. The predicted octanol–water partition coefficient (Wildman–Crippen LogP) is 2.70. The quantitative estimate of drug-likeness (QED) is 0.312. The average Bonchev–Trinajstić information content (AvgIpc) is 2.54. The van der Waals surface area contributed by atoms with E-state index in [0.717, 1.165) is 13.0 Å². The molecule has 0 aliphatic heterocycles. The number of nitrogens with two attached hydrogens (primary N) is 1. The number of rotatable bonds is 14. The van der Waals surface area contributed by atoms with E-state index in [9.17, 15) is 0 Å². The van der Waals surface area contributed by atoms with E-state index in [0.29, 0.717) is 0 Å². The van der Waals surface area contributed by atoms with E-state index in [-0.39, 0.29) is 0 Å². The van der Waals surface area contributed by atoms with Gasteiger partial charge < -0.3 is 5.73 Å². The van der Waals surface area contributed by atoms with Crippen molar-refractivity contribution in [1.29, 1.82) is 0 Å². The van der Waals surface area contributed by atoms with E-state index in [4.69, 9.17) is 24.4 Å². The molecule has 0 aromatic heterocycles. The average molecular weight is 451 g/mol. The largest absolute Gasteiger partial charge is 0.330 e. The predicted molar refractivity (Wildman–Crippen MR) is 101 cm³/mol. The van der Waals surface area contributed by atoms with Crippen LogP contribution in [0.15, 0.2) is 0 Å². The van der Waals surface area contributed by atoms with Crippen molar-refractivity contribution in [1.82, 2.24) is 0 Å². The highest BCUT2D eigenvalue weighted by Crippen LogP contribution is 2.12. The molecule has 5 nitrogen and oxygen atoms in total. The fraction of sp³-hybridized carbons (Fsp3) is 1.00. The first-order valence-corrected chi connectivity index (χ1v) is 12.1. The third-order valence-corrected chi connectivity index (χ3v) is 4.09. The molecule has 3 N–H and O–H groups in total. The SMILES string of the molecule is CCCCCCCCCCCCCCCBr.CCCN.[O-][Cl+3]([O-])([O-])O. The molecule has 0 aromatic carbocycles. The first-order valence-electron chi connectivity index (χ1n) is 9.72. The highest BCUT2D eigenvalue weighted by molar-refractivity contribution is 9.09.